The summed E-state index contributed by atoms with van der Waals surface area (Å²) in [7, 11) is 4.62. The molecule has 0 unspecified atom stereocenters. The van der Waals surface area contributed by atoms with Crippen LogP contribution in [-0.4, -0.2) is 71.3 Å². The average molecular weight is 574 g/mol. The van der Waals surface area contributed by atoms with Crippen molar-refractivity contribution in [3.05, 3.63) is 65.2 Å². The van der Waals surface area contributed by atoms with Crippen LogP contribution in [0.4, 0.5) is 0 Å². The number of halogens is 1. The smallest absolute Gasteiger partial charge is 0.253 e. The summed E-state index contributed by atoms with van der Waals surface area (Å²) in [5, 5.41) is 6.39. The van der Waals surface area contributed by atoms with Gasteiger partial charge >= 0.3 is 0 Å². The van der Waals surface area contributed by atoms with Crippen LogP contribution in [0.5, 0.6) is 0 Å². The van der Waals surface area contributed by atoms with E-state index in [0.717, 1.165) is 5.56 Å². The topological polar surface area (TPSA) is 94.1 Å². The van der Waals surface area contributed by atoms with Gasteiger partial charge in [-0.05, 0) is 35.7 Å². The van der Waals surface area contributed by atoms with E-state index < -0.39 is 10.0 Å². The Morgan fingerprint density at radius 1 is 1.00 bits per heavy atom. The number of sulfonamides is 1. The van der Waals surface area contributed by atoms with Crippen LogP contribution in [0.15, 0.2) is 58.4 Å². The predicted octanol–water partition coefficient (Wildman–Crippen LogP) is 2.16. The Labute approximate surface area is 208 Å². The van der Waals surface area contributed by atoms with E-state index in [0.29, 0.717) is 36.6 Å². The molecule has 0 bridgehead atoms. The van der Waals surface area contributed by atoms with Crippen molar-refractivity contribution in [1.82, 2.24) is 19.8 Å². The lowest BCUT2D eigenvalue weighted by molar-refractivity contribution is 0.0827. The zero-order valence-corrected chi connectivity index (χ0v) is 22.3. The normalized spacial score (nSPS) is 11.6. The van der Waals surface area contributed by atoms with Crippen molar-refractivity contribution in [2.75, 3.05) is 41.8 Å². The maximum atomic E-state index is 12.5. The quantitative estimate of drug-likeness (QED) is 0.287. The number of nitrogens with zero attached hydrogens (tertiary/aromatic N) is 3. The van der Waals surface area contributed by atoms with Crippen LogP contribution in [0.2, 0.25) is 0 Å². The molecule has 0 aliphatic carbocycles. The maximum absolute atomic E-state index is 12.5. The van der Waals surface area contributed by atoms with Crippen LogP contribution in [-0.2, 0) is 23.0 Å². The first-order chi connectivity index (χ1) is 14.7. The van der Waals surface area contributed by atoms with Gasteiger partial charge in [-0.25, -0.2) is 12.7 Å². The molecule has 10 heteroatoms. The van der Waals surface area contributed by atoms with Gasteiger partial charge in [0.15, 0.2) is 5.96 Å². The molecule has 0 atom stereocenters. The molecule has 2 aromatic carbocycles. The molecule has 0 aliphatic rings. The predicted molar refractivity (Wildman–Crippen MR) is 139 cm³/mol. The summed E-state index contributed by atoms with van der Waals surface area (Å²) in [5.41, 5.74) is 2.36. The Balaban J connectivity index is 0.00000512. The van der Waals surface area contributed by atoms with Gasteiger partial charge in [0.05, 0.1) is 4.90 Å². The van der Waals surface area contributed by atoms with Gasteiger partial charge in [-0.3, -0.25) is 9.79 Å². The number of benzene rings is 2. The molecule has 0 radical (unpaired) electrons. The molecule has 0 aromatic heterocycles. The number of amides is 1. The minimum absolute atomic E-state index is 0. The fourth-order valence-corrected chi connectivity index (χ4v) is 4.06. The Hall–Kier alpha value is -2.18. The molecule has 0 saturated carbocycles. The van der Waals surface area contributed by atoms with E-state index in [1.54, 1.807) is 50.3 Å². The molecule has 32 heavy (non-hydrogen) atoms. The first-order valence-electron chi connectivity index (χ1n) is 9.92. The number of carbonyl (C=O) groups is 1. The van der Waals surface area contributed by atoms with E-state index in [9.17, 15) is 13.2 Å². The molecule has 0 spiro atoms. The van der Waals surface area contributed by atoms with Crippen molar-refractivity contribution in [3.8, 4) is 0 Å². The lowest BCUT2D eigenvalue weighted by atomic mass is 10.1. The molecule has 0 fully saturated rings. The van der Waals surface area contributed by atoms with Crippen LogP contribution in [0.1, 0.15) is 21.5 Å². The van der Waals surface area contributed by atoms with Crippen molar-refractivity contribution in [2.45, 2.75) is 17.9 Å². The van der Waals surface area contributed by atoms with E-state index in [-0.39, 0.29) is 34.8 Å². The SMILES string of the molecule is CN=C(NCCc1cccc(C(=O)N(C)C)c1)NCc1ccccc1S(=O)(=O)N(C)C.I. The molecule has 8 nitrogen and oxygen atoms in total. The van der Waals surface area contributed by atoms with Crippen LogP contribution >= 0.6 is 24.0 Å². The van der Waals surface area contributed by atoms with Crippen LogP contribution in [0.3, 0.4) is 0 Å². The van der Waals surface area contributed by atoms with Gasteiger partial charge in [0.2, 0.25) is 10.0 Å². The van der Waals surface area contributed by atoms with Crippen molar-refractivity contribution in [2.24, 2.45) is 4.99 Å². The number of guanidine groups is 1. The van der Waals surface area contributed by atoms with Crippen molar-refractivity contribution >= 4 is 45.9 Å². The van der Waals surface area contributed by atoms with E-state index in [4.69, 9.17) is 0 Å². The summed E-state index contributed by atoms with van der Waals surface area (Å²) in [4.78, 5) is 18.1. The largest absolute Gasteiger partial charge is 0.356 e. The third-order valence-corrected chi connectivity index (χ3v) is 6.60. The lowest BCUT2D eigenvalue weighted by Gasteiger charge is -2.17. The summed E-state index contributed by atoms with van der Waals surface area (Å²) >= 11 is 0. The second-order valence-corrected chi connectivity index (χ2v) is 9.52. The first kappa shape index (κ1) is 27.9. The summed E-state index contributed by atoms with van der Waals surface area (Å²) in [5.74, 6) is 0.538. The Morgan fingerprint density at radius 2 is 1.69 bits per heavy atom. The second-order valence-electron chi connectivity index (χ2n) is 7.40. The highest BCUT2D eigenvalue weighted by atomic mass is 127. The summed E-state index contributed by atoms with van der Waals surface area (Å²) < 4.78 is 26.3. The third kappa shape index (κ3) is 7.45. The molecule has 0 heterocycles. The number of aliphatic imine (C=N–C) groups is 1. The third-order valence-electron chi connectivity index (χ3n) is 4.69. The number of nitrogens with one attached hydrogen (secondary N) is 2. The number of carbonyl (C=O) groups excluding carboxylic acids is 1. The van der Waals surface area contributed by atoms with E-state index in [2.05, 4.69) is 15.6 Å². The van der Waals surface area contributed by atoms with Gasteiger partial charge in [-0.1, -0.05) is 30.3 Å². The Morgan fingerprint density at radius 3 is 2.31 bits per heavy atom. The van der Waals surface area contributed by atoms with Gasteiger partial charge < -0.3 is 15.5 Å². The summed E-state index contributed by atoms with van der Waals surface area (Å²) in [6.45, 7) is 0.923. The zero-order valence-electron chi connectivity index (χ0n) is 19.1. The first-order valence-corrected chi connectivity index (χ1v) is 11.4. The van der Waals surface area contributed by atoms with Gasteiger partial charge in [0, 0.05) is 53.9 Å². The van der Waals surface area contributed by atoms with Crippen molar-refractivity contribution in [1.29, 1.82) is 0 Å². The van der Waals surface area contributed by atoms with E-state index in [1.165, 1.54) is 18.4 Å². The van der Waals surface area contributed by atoms with Crippen molar-refractivity contribution in [3.63, 3.8) is 0 Å². The maximum Gasteiger partial charge on any atom is 0.253 e. The molecule has 2 rings (SSSR count). The molecule has 176 valence electrons. The molecule has 1 amide bonds. The highest BCUT2D eigenvalue weighted by Crippen LogP contribution is 2.18. The average Bonchev–Trinajstić information content (AvgIpc) is 2.75. The fraction of sp³-hybridized carbons (Fsp3) is 0.364. The molecule has 2 N–H and O–H groups in total. The number of rotatable bonds is 8. The van der Waals surface area contributed by atoms with Crippen LogP contribution in [0.25, 0.3) is 0 Å². The molecule has 2 aromatic rings. The van der Waals surface area contributed by atoms with Crippen LogP contribution in [0, 0.1) is 0 Å². The number of hydrogen-bond acceptors (Lipinski definition) is 4. The summed E-state index contributed by atoms with van der Waals surface area (Å²) in [6.07, 6.45) is 0.709. The van der Waals surface area contributed by atoms with Gasteiger partial charge in [-0.15, -0.1) is 24.0 Å². The zero-order chi connectivity index (χ0) is 23.0. The number of hydrogen-bond donors (Lipinski definition) is 2. The Bertz CT molecular complexity index is 1040. The van der Waals surface area contributed by atoms with Gasteiger partial charge in [0.1, 0.15) is 0 Å². The van der Waals surface area contributed by atoms with E-state index in [1.807, 2.05) is 24.3 Å². The molecular formula is C22H32IN5O3S. The minimum Gasteiger partial charge on any atom is -0.356 e. The van der Waals surface area contributed by atoms with E-state index >= 15 is 0 Å². The molecule has 0 saturated heterocycles. The minimum atomic E-state index is -3.53. The van der Waals surface area contributed by atoms with Gasteiger partial charge in [-0.2, -0.15) is 0 Å². The standard InChI is InChI=1S/C22H31N5O3S.HI/c1-23-22(24-14-13-17-9-8-11-18(15-17)21(28)26(2)3)25-16-19-10-6-7-12-20(19)31(29,30)27(4)5;/h6-12,15H,13-14,16H2,1-5H3,(H2,23,24,25);1H. The summed E-state index contributed by atoms with van der Waals surface area (Å²) in [6, 6.07) is 14.5. The monoisotopic (exact) mass is 573 g/mol. The fourth-order valence-electron chi connectivity index (χ4n) is 2.94. The highest BCUT2D eigenvalue weighted by Gasteiger charge is 2.20. The highest BCUT2D eigenvalue weighted by molar-refractivity contribution is 14.0. The molecule has 0 aliphatic heterocycles. The Kier molecular flexibility index (Phi) is 11.1. The van der Waals surface area contributed by atoms with Gasteiger partial charge in [0.25, 0.3) is 5.91 Å². The second kappa shape index (κ2) is 12.8. The molecular weight excluding hydrogens is 541 g/mol. The van der Waals surface area contributed by atoms with Crippen LogP contribution < -0.4 is 10.6 Å². The van der Waals surface area contributed by atoms with Crippen molar-refractivity contribution < 1.29 is 13.2 Å². The lowest BCUT2D eigenvalue weighted by Crippen LogP contribution is -2.38.